The number of rotatable bonds is 8. The summed E-state index contributed by atoms with van der Waals surface area (Å²) in [4.78, 5) is 7.98. The Kier molecular flexibility index (Phi) is 5.55. The largest absolute Gasteiger partial charge is 0.486 e. The molecular formula is C24H23N3O3S. The molecule has 0 aliphatic heterocycles. The Bertz CT molecular complexity index is 1230. The molecule has 5 rings (SSSR count). The summed E-state index contributed by atoms with van der Waals surface area (Å²) in [6.45, 7) is 0.675. The maximum atomic E-state index is 11.0. The van der Waals surface area contributed by atoms with Gasteiger partial charge in [0.1, 0.15) is 18.2 Å². The smallest absolute Gasteiger partial charge is 0.232 e. The molecule has 3 aromatic carbocycles. The summed E-state index contributed by atoms with van der Waals surface area (Å²) in [7, 11) is 0. The molecule has 7 heteroatoms. The van der Waals surface area contributed by atoms with Crippen molar-refractivity contribution < 1.29 is 13.5 Å². The number of aromatic amines is 1. The van der Waals surface area contributed by atoms with Gasteiger partial charge >= 0.3 is 0 Å². The van der Waals surface area contributed by atoms with Gasteiger partial charge in [-0.1, -0.05) is 42.5 Å². The average molecular weight is 434 g/mol. The zero-order valence-electron chi connectivity index (χ0n) is 16.9. The van der Waals surface area contributed by atoms with Gasteiger partial charge < -0.3 is 9.72 Å². The average Bonchev–Trinajstić information content (AvgIpc) is 3.56. The molecule has 3 N–H and O–H groups in total. The number of nitrogens with zero attached hydrogens (tertiary/aromatic N) is 1. The van der Waals surface area contributed by atoms with E-state index in [1.807, 2.05) is 54.6 Å². The molecule has 158 valence electrons. The van der Waals surface area contributed by atoms with Crippen molar-refractivity contribution in [3.05, 3.63) is 83.7 Å². The summed E-state index contributed by atoms with van der Waals surface area (Å²) < 4.78 is 28.5. The predicted octanol–water partition coefficient (Wildman–Crippen LogP) is 4.91. The first-order valence-electron chi connectivity index (χ1n) is 10.3. The summed E-state index contributed by atoms with van der Waals surface area (Å²) in [5.74, 6) is 2.35. The van der Waals surface area contributed by atoms with E-state index < -0.39 is 11.3 Å². The molecule has 1 unspecified atom stereocenters. The second kappa shape index (κ2) is 8.63. The molecule has 1 aromatic heterocycles. The van der Waals surface area contributed by atoms with Gasteiger partial charge in [0.2, 0.25) is 11.3 Å². The first-order valence-corrected chi connectivity index (χ1v) is 11.4. The molecule has 0 radical (unpaired) electrons. The molecule has 1 atom stereocenters. The van der Waals surface area contributed by atoms with Crippen LogP contribution in [0.4, 0.5) is 0 Å². The summed E-state index contributed by atoms with van der Waals surface area (Å²) in [5, 5.41) is 0. The van der Waals surface area contributed by atoms with Crippen LogP contribution in [-0.2, 0) is 24.4 Å². The van der Waals surface area contributed by atoms with Crippen molar-refractivity contribution in [1.29, 1.82) is 0 Å². The standard InChI is InChI=1S/C24H23N3O3S/c28-31(29)25-14-19-3-1-2-4-21(19)18-9-12-22-23(13-18)27-24(26-22)15-30-20-10-7-17(8-11-20)16-5-6-16/h1-4,7-13,16,25H,5-6,14-15H2,(H,26,27)(H,28,29). The van der Waals surface area contributed by atoms with Crippen LogP contribution in [0.25, 0.3) is 22.2 Å². The number of H-pyrrole nitrogens is 1. The number of fused-ring (bicyclic) bond motifs is 1. The zero-order valence-corrected chi connectivity index (χ0v) is 17.7. The highest BCUT2D eigenvalue weighted by Crippen LogP contribution is 2.40. The second-order valence-corrected chi connectivity index (χ2v) is 8.56. The van der Waals surface area contributed by atoms with Crippen molar-refractivity contribution in [2.24, 2.45) is 0 Å². The highest BCUT2D eigenvalue weighted by atomic mass is 32.2. The minimum atomic E-state index is -2.05. The summed E-state index contributed by atoms with van der Waals surface area (Å²) in [5.41, 5.74) is 6.16. The van der Waals surface area contributed by atoms with Crippen molar-refractivity contribution in [1.82, 2.24) is 14.7 Å². The van der Waals surface area contributed by atoms with Crippen LogP contribution in [-0.4, -0.2) is 18.7 Å². The maximum absolute atomic E-state index is 11.0. The van der Waals surface area contributed by atoms with Crippen LogP contribution in [0.15, 0.2) is 66.7 Å². The van der Waals surface area contributed by atoms with Gasteiger partial charge in [-0.3, -0.25) is 4.55 Å². The zero-order chi connectivity index (χ0) is 21.2. The molecule has 1 fully saturated rings. The monoisotopic (exact) mass is 433 g/mol. The summed E-state index contributed by atoms with van der Waals surface area (Å²) in [6, 6.07) is 22.2. The highest BCUT2D eigenvalue weighted by molar-refractivity contribution is 7.77. The van der Waals surface area contributed by atoms with Crippen LogP contribution < -0.4 is 9.46 Å². The van der Waals surface area contributed by atoms with Crippen molar-refractivity contribution in [2.45, 2.75) is 31.9 Å². The molecule has 6 nitrogen and oxygen atoms in total. The molecule has 0 bridgehead atoms. The van der Waals surface area contributed by atoms with Crippen molar-refractivity contribution in [2.75, 3.05) is 0 Å². The molecular weight excluding hydrogens is 410 g/mol. The first kappa shape index (κ1) is 19.9. The van der Waals surface area contributed by atoms with Crippen LogP contribution in [0.5, 0.6) is 5.75 Å². The lowest BCUT2D eigenvalue weighted by atomic mass is 9.99. The molecule has 0 spiro atoms. The Morgan fingerprint density at radius 2 is 1.90 bits per heavy atom. The van der Waals surface area contributed by atoms with Crippen LogP contribution in [0.3, 0.4) is 0 Å². The number of hydrogen-bond donors (Lipinski definition) is 3. The van der Waals surface area contributed by atoms with Crippen molar-refractivity contribution >= 4 is 22.3 Å². The Labute approximate surface area is 183 Å². The number of aromatic nitrogens is 2. The van der Waals surface area contributed by atoms with E-state index in [1.165, 1.54) is 18.4 Å². The quantitative estimate of drug-likeness (QED) is 0.345. The third-order valence-corrected chi connectivity index (χ3v) is 5.94. The molecule has 1 aliphatic rings. The minimum absolute atomic E-state index is 0.304. The van der Waals surface area contributed by atoms with Gasteiger partial charge in [-0.25, -0.2) is 13.9 Å². The molecule has 1 heterocycles. The maximum Gasteiger partial charge on any atom is 0.232 e. The van der Waals surface area contributed by atoms with Crippen molar-refractivity contribution in [3.8, 4) is 16.9 Å². The molecule has 4 aromatic rings. The van der Waals surface area contributed by atoms with E-state index in [-0.39, 0.29) is 0 Å². The van der Waals surface area contributed by atoms with Gasteiger partial charge in [0.15, 0.2) is 0 Å². The van der Waals surface area contributed by atoms with Gasteiger partial charge in [-0.05, 0) is 65.3 Å². The summed E-state index contributed by atoms with van der Waals surface area (Å²) >= 11 is -2.05. The highest BCUT2D eigenvalue weighted by Gasteiger charge is 2.23. The lowest BCUT2D eigenvalue weighted by molar-refractivity contribution is 0.297. The Hall–Kier alpha value is -3.00. The van der Waals surface area contributed by atoms with E-state index in [9.17, 15) is 4.21 Å². The fraction of sp³-hybridized carbons (Fsp3) is 0.208. The third kappa shape index (κ3) is 4.69. The normalized spacial score (nSPS) is 14.6. The Balaban J connectivity index is 1.32. The van der Waals surface area contributed by atoms with Crippen molar-refractivity contribution in [3.63, 3.8) is 0 Å². The molecule has 0 saturated heterocycles. The number of hydrogen-bond acceptors (Lipinski definition) is 3. The van der Waals surface area contributed by atoms with Crippen LogP contribution in [0, 0.1) is 0 Å². The third-order valence-electron chi connectivity index (χ3n) is 5.55. The number of benzene rings is 3. The lowest BCUT2D eigenvalue weighted by Crippen LogP contribution is -2.15. The molecule has 1 saturated carbocycles. The predicted molar refractivity (Wildman–Crippen MR) is 122 cm³/mol. The van der Waals surface area contributed by atoms with E-state index in [0.717, 1.165) is 45.2 Å². The minimum Gasteiger partial charge on any atom is -0.486 e. The van der Waals surface area contributed by atoms with E-state index >= 15 is 0 Å². The van der Waals surface area contributed by atoms with Gasteiger partial charge in [0.05, 0.1) is 11.0 Å². The SMILES string of the molecule is O=S(O)NCc1ccccc1-c1ccc2nc(COc3ccc(C4CC4)cc3)[nH]c2c1. The Morgan fingerprint density at radius 3 is 2.68 bits per heavy atom. The fourth-order valence-corrected chi connectivity index (χ4v) is 4.08. The van der Waals surface area contributed by atoms with Gasteiger partial charge in [-0.2, -0.15) is 0 Å². The molecule has 0 amide bonds. The van der Waals surface area contributed by atoms with E-state index in [1.54, 1.807) is 0 Å². The first-order chi connectivity index (χ1) is 15.2. The number of nitrogens with one attached hydrogen (secondary N) is 2. The van der Waals surface area contributed by atoms with Gasteiger partial charge in [0, 0.05) is 6.54 Å². The lowest BCUT2D eigenvalue weighted by Gasteiger charge is -2.09. The van der Waals surface area contributed by atoms with Gasteiger partial charge in [-0.15, -0.1) is 0 Å². The van der Waals surface area contributed by atoms with Crippen LogP contribution in [0.1, 0.15) is 35.7 Å². The molecule has 31 heavy (non-hydrogen) atoms. The Morgan fingerprint density at radius 1 is 1.10 bits per heavy atom. The van der Waals surface area contributed by atoms with E-state index in [0.29, 0.717) is 13.2 Å². The topological polar surface area (TPSA) is 87.2 Å². The second-order valence-electron chi connectivity index (χ2n) is 7.77. The fourth-order valence-electron chi connectivity index (χ4n) is 3.80. The van der Waals surface area contributed by atoms with E-state index in [4.69, 9.17) is 9.29 Å². The summed E-state index contributed by atoms with van der Waals surface area (Å²) in [6.07, 6.45) is 2.59. The number of ether oxygens (including phenoxy) is 1. The molecule has 1 aliphatic carbocycles. The van der Waals surface area contributed by atoms with Crippen LogP contribution in [0.2, 0.25) is 0 Å². The van der Waals surface area contributed by atoms with Crippen LogP contribution >= 0.6 is 0 Å². The number of imidazole rings is 1. The van der Waals surface area contributed by atoms with Gasteiger partial charge in [0.25, 0.3) is 0 Å². The van der Waals surface area contributed by atoms with E-state index in [2.05, 4.69) is 26.8 Å².